The quantitative estimate of drug-likeness (QED) is 0.310. The number of hydrogen-bond donors (Lipinski definition) is 0. The van der Waals surface area contributed by atoms with Crippen LogP contribution in [0.5, 0.6) is 0 Å². The predicted octanol–water partition coefficient (Wildman–Crippen LogP) is -0.463. The van der Waals surface area contributed by atoms with Gasteiger partial charge in [0.25, 0.3) is 0 Å². The molecule has 1 aliphatic rings. The predicted molar refractivity (Wildman–Crippen MR) is 86.5 cm³/mol. The van der Waals surface area contributed by atoms with E-state index in [0.29, 0.717) is 0 Å². The summed E-state index contributed by atoms with van der Waals surface area (Å²) in [5, 5.41) is 2.63. The molecular weight excluding hydrogens is 490 g/mol. The SMILES string of the molecule is [C-]1=CC=CC1.[Cl-].[Cl-].[Hf+4].c1ccc(-c2cc3ccccc3[cH-]2)cc1. The van der Waals surface area contributed by atoms with Crippen LogP contribution >= 0.6 is 0 Å². The minimum Gasteiger partial charge on any atom is -1.00 e. The minimum atomic E-state index is 0. The van der Waals surface area contributed by atoms with E-state index in [0.717, 1.165) is 6.42 Å². The zero-order valence-electron chi connectivity index (χ0n) is 12.5. The Labute approximate surface area is 169 Å². The molecule has 0 bridgehead atoms. The summed E-state index contributed by atoms with van der Waals surface area (Å²) in [6, 6.07) is 23.4. The molecule has 0 saturated heterocycles. The topological polar surface area (TPSA) is 0 Å². The number of rotatable bonds is 1. The molecule has 3 heteroatoms. The normalized spacial score (nSPS) is 10.8. The summed E-state index contributed by atoms with van der Waals surface area (Å²) >= 11 is 0. The molecule has 23 heavy (non-hydrogen) atoms. The molecule has 0 spiro atoms. The Morgan fingerprint density at radius 1 is 0.870 bits per heavy atom. The van der Waals surface area contributed by atoms with Crippen LogP contribution in [-0.2, 0) is 25.8 Å². The van der Waals surface area contributed by atoms with Crippen LogP contribution in [0.2, 0.25) is 0 Å². The second kappa shape index (κ2) is 11.5. The minimum absolute atomic E-state index is 0. The van der Waals surface area contributed by atoms with Crippen molar-refractivity contribution in [2.24, 2.45) is 0 Å². The van der Waals surface area contributed by atoms with Crippen molar-refractivity contribution in [3.05, 3.63) is 91.0 Å². The van der Waals surface area contributed by atoms with E-state index in [2.05, 4.69) is 72.8 Å². The van der Waals surface area contributed by atoms with Crippen molar-refractivity contribution < 1.29 is 50.7 Å². The van der Waals surface area contributed by atoms with Gasteiger partial charge in [0.15, 0.2) is 0 Å². The van der Waals surface area contributed by atoms with Gasteiger partial charge in [0.05, 0.1) is 0 Å². The van der Waals surface area contributed by atoms with Gasteiger partial charge in [0.1, 0.15) is 0 Å². The number of halogens is 2. The average molecular weight is 506 g/mol. The first-order valence-electron chi connectivity index (χ1n) is 6.86. The molecule has 0 radical (unpaired) electrons. The van der Waals surface area contributed by atoms with Gasteiger partial charge in [-0.3, -0.25) is 6.08 Å². The van der Waals surface area contributed by atoms with E-state index in [1.807, 2.05) is 18.2 Å². The van der Waals surface area contributed by atoms with Crippen molar-refractivity contribution >= 4 is 10.8 Å². The van der Waals surface area contributed by atoms with Crippen LogP contribution in [0.4, 0.5) is 0 Å². The van der Waals surface area contributed by atoms with E-state index in [4.69, 9.17) is 0 Å². The van der Waals surface area contributed by atoms with Gasteiger partial charge in [-0.25, -0.2) is 12.2 Å². The van der Waals surface area contributed by atoms with Crippen LogP contribution in [0.15, 0.2) is 85.0 Å². The number of allylic oxidation sites excluding steroid dienone is 4. The molecule has 0 aromatic heterocycles. The Morgan fingerprint density at radius 2 is 1.57 bits per heavy atom. The second-order valence-electron chi connectivity index (χ2n) is 4.74. The monoisotopic (exact) mass is 506 g/mol. The van der Waals surface area contributed by atoms with Gasteiger partial charge in [-0.1, -0.05) is 54.1 Å². The first-order chi connectivity index (χ1) is 9.93. The van der Waals surface area contributed by atoms with Gasteiger partial charge < -0.3 is 24.8 Å². The number of fused-ring (bicyclic) bond motifs is 1. The maximum Gasteiger partial charge on any atom is 4.00 e. The van der Waals surface area contributed by atoms with Crippen molar-refractivity contribution in [1.29, 1.82) is 0 Å². The number of benzene rings is 2. The molecule has 114 valence electrons. The van der Waals surface area contributed by atoms with Crippen molar-refractivity contribution in [3.63, 3.8) is 0 Å². The standard InChI is InChI=1S/C15H11.C5H5.2ClH.Hf/c1-2-6-12(7-3-1)15-10-13-8-4-5-9-14(13)11-15;1-2-4-5-3-1;;;/h1-11H;1-3H,4H2;2*1H;/q2*-1;;;+4/p-2. The Bertz CT molecular complexity index is 699. The Kier molecular flexibility index (Phi) is 11.0. The van der Waals surface area contributed by atoms with Gasteiger partial charge in [0.2, 0.25) is 0 Å². The third-order valence-electron chi connectivity index (χ3n) is 3.31. The summed E-state index contributed by atoms with van der Waals surface area (Å²) in [4.78, 5) is 0. The van der Waals surface area contributed by atoms with E-state index >= 15 is 0 Å². The van der Waals surface area contributed by atoms with Crippen LogP contribution in [0.25, 0.3) is 21.9 Å². The summed E-state index contributed by atoms with van der Waals surface area (Å²) in [5.74, 6) is 0. The third kappa shape index (κ3) is 6.18. The molecule has 1 aliphatic carbocycles. The molecule has 0 nitrogen and oxygen atoms in total. The Balaban J connectivity index is 0.000000529. The van der Waals surface area contributed by atoms with Gasteiger partial charge >= 0.3 is 25.8 Å². The van der Waals surface area contributed by atoms with E-state index < -0.39 is 0 Å². The zero-order chi connectivity index (χ0) is 13.6. The van der Waals surface area contributed by atoms with Gasteiger partial charge in [0, 0.05) is 0 Å². The molecule has 0 amide bonds. The average Bonchev–Trinajstić information content (AvgIpc) is 3.20. The van der Waals surface area contributed by atoms with Gasteiger partial charge in [-0.05, 0) is 0 Å². The van der Waals surface area contributed by atoms with E-state index in [9.17, 15) is 0 Å². The molecule has 0 unspecified atom stereocenters. The summed E-state index contributed by atoms with van der Waals surface area (Å²) < 4.78 is 0. The first-order valence-corrected chi connectivity index (χ1v) is 6.86. The van der Waals surface area contributed by atoms with Crippen LogP contribution in [0.3, 0.4) is 0 Å². The fourth-order valence-electron chi connectivity index (χ4n) is 2.29. The Hall–Kier alpha value is -1.02. The second-order valence-corrected chi connectivity index (χ2v) is 4.74. The van der Waals surface area contributed by atoms with Gasteiger partial charge in [-0.15, -0.1) is 41.0 Å². The third-order valence-corrected chi connectivity index (χ3v) is 3.31. The molecule has 0 heterocycles. The Morgan fingerprint density at radius 3 is 2.13 bits per heavy atom. The molecule has 4 rings (SSSR count). The van der Waals surface area contributed by atoms with E-state index in [-0.39, 0.29) is 50.7 Å². The summed E-state index contributed by atoms with van der Waals surface area (Å²) in [6.45, 7) is 0. The zero-order valence-corrected chi connectivity index (χ0v) is 17.7. The van der Waals surface area contributed by atoms with Crippen LogP contribution in [0, 0.1) is 6.08 Å². The molecule has 0 aliphatic heterocycles. The molecule has 0 atom stereocenters. The fourth-order valence-corrected chi connectivity index (χ4v) is 2.29. The van der Waals surface area contributed by atoms with E-state index in [1.165, 1.54) is 21.9 Å². The summed E-state index contributed by atoms with van der Waals surface area (Å²) in [6.07, 6.45) is 10.0. The smallest absolute Gasteiger partial charge is 1.00 e. The van der Waals surface area contributed by atoms with Crippen molar-refractivity contribution in [2.75, 3.05) is 0 Å². The van der Waals surface area contributed by atoms with Gasteiger partial charge in [-0.2, -0.15) is 6.08 Å². The molecule has 3 aromatic rings. The van der Waals surface area contributed by atoms with Crippen molar-refractivity contribution in [1.82, 2.24) is 0 Å². The van der Waals surface area contributed by atoms with Crippen molar-refractivity contribution in [3.8, 4) is 11.1 Å². The first kappa shape index (κ1) is 22.0. The maximum absolute atomic E-state index is 2.99. The van der Waals surface area contributed by atoms with Crippen molar-refractivity contribution in [2.45, 2.75) is 6.42 Å². The molecule has 0 fully saturated rings. The van der Waals surface area contributed by atoms with E-state index in [1.54, 1.807) is 0 Å². The molecule has 0 saturated carbocycles. The van der Waals surface area contributed by atoms with Crippen LogP contribution in [0.1, 0.15) is 6.42 Å². The summed E-state index contributed by atoms with van der Waals surface area (Å²) in [7, 11) is 0. The molecular formula is C20H16Cl2Hf. The fraction of sp³-hybridized carbons (Fsp3) is 0.0500. The largest absolute Gasteiger partial charge is 4.00 e. The number of hydrogen-bond acceptors (Lipinski definition) is 0. The van der Waals surface area contributed by atoms with Crippen LogP contribution in [-0.4, -0.2) is 0 Å². The maximum atomic E-state index is 2.99. The molecule has 0 N–H and O–H groups in total. The molecule has 3 aromatic carbocycles. The summed E-state index contributed by atoms with van der Waals surface area (Å²) in [5.41, 5.74) is 2.59. The van der Waals surface area contributed by atoms with Crippen LogP contribution < -0.4 is 24.8 Å².